The number of nitrogens with zero attached hydrogens (tertiary/aromatic N) is 1. The number of amides is 1. The summed E-state index contributed by atoms with van der Waals surface area (Å²) in [6, 6.07) is 18.6. The highest BCUT2D eigenvalue weighted by atomic mass is 35.5. The SMILES string of the molecule is CC(C)(C)OC(=O)N(CCc1cccc(S(=O)(=O)c2ccc(O)cc2)c1)C[C@@H](O)c1cccc(Cl)c1. The van der Waals surface area contributed by atoms with Gasteiger partial charge in [-0.15, -0.1) is 0 Å². The van der Waals surface area contributed by atoms with Crippen molar-refractivity contribution in [2.75, 3.05) is 13.1 Å². The van der Waals surface area contributed by atoms with Gasteiger partial charge < -0.3 is 19.8 Å². The van der Waals surface area contributed by atoms with Crippen LogP contribution < -0.4 is 0 Å². The Kier molecular flexibility index (Phi) is 8.66. The number of hydrogen-bond acceptors (Lipinski definition) is 6. The molecule has 0 unspecified atom stereocenters. The third-order valence-electron chi connectivity index (χ3n) is 5.30. The molecule has 3 aromatic rings. The van der Waals surface area contributed by atoms with E-state index in [-0.39, 0.29) is 28.6 Å². The second kappa shape index (κ2) is 11.3. The van der Waals surface area contributed by atoms with E-state index in [4.69, 9.17) is 16.3 Å². The summed E-state index contributed by atoms with van der Waals surface area (Å²) in [5.41, 5.74) is 0.535. The minimum atomic E-state index is -3.79. The molecule has 1 amide bonds. The van der Waals surface area contributed by atoms with E-state index in [1.165, 1.54) is 35.2 Å². The minimum absolute atomic E-state index is 0.0232. The molecule has 0 aromatic heterocycles. The molecule has 0 heterocycles. The van der Waals surface area contributed by atoms with E-state index in [1.807, 2.05) is 0 Å². The number of phenolic OH excluding ortho intramolecular Hbond substituents is 1. The Labute approximate surface area is 216 Å². The van der Waals surface area contributed by atoms with E-state index in [2.05, 4.69) is 0 Å². The summed E-state index contributed by atoms with van der Waals surface area (Å²) in [7, 11) is -3.79. The van der Waals surface area contributed by atoms with Crippen molar-refractivity contribution in [2.45, 2.75) is 48.7 Å². The molecule has 9 heteroatoms. The predicted molar refractivity (Wildman–Crippen MR) is 138 cm³/mol. The molecule has 192 valence electrons. The van der Waals surface area contributed by atoms with Crippen molar-refractivity contribution in [1.29, 1.82) is 0 Å². The highest BCUT2D eigenvalue weighted by Crippen LogP contribution is 2.24. The molecule has 0 saturated carbocycles. The highest BCUT2D eigenvalue weighted by Gasteiger charge is 2.25. The largest absolute Gasteiger partial charge is 0.508 e. The van der Waals surface area contributed by atoms with Crippen molar-refractivity contribution >= 4 is 27.5 Å². The van der Waals surface area contributed by atoms with Crippen LogP contribution in [-0.4, -0.2) is 48.3 Å². The number of carbonyl (C=O) groups is 1. The van der Waals surface area contributed by atoms with Crippen LogP contribution in [0, 0.1) is 0 Å². The van der Waals surface area contributed by atoms with Gasteiger partial charge in [-0.05, 0) is 86.8 Å². The maximum absolute atomic E-state index is 13.0. The Morgan fingerprint density at radius 3 is 2.31 bits per heavy atom. The summed E-state index contributed by atoms with van der Waals surface area (Å²) in [5, 5.41) is 20.7. The van der Waals surface area contributed by atoms with Crippen molar-refractivity contribution in [2.24, 2.45) is 0 Å². The van der Waals surface area contributed by atoms with Gasteiger partial charge >= 0.3 is 6.09 Å². The van der Waals surface area contributed by atoms with E-state index >= 15 is 0 Å². The Morgan fingerprint density at radius 1 is 1.00 bits per heavy atom. The van der Waals surface area contributed by atoms with Crippen LogP contribution in [0.3, 0.4) is 0 Å². The normalized spacial score (nSPS) is 12.7. The first-order valence-corrected chi connectivity index (χ1v) is 13.3. The summed E-state index contributed by atoms with van der Waals surface area (Å²) >= 11 is 6.04. The molecule has 1 atom stereocenters. The average molecular weight is 532 g/mol. The van der Waals surface area contributed by atoms with Crippen LogP contribution in [0.25, 0.3) is 0 Å². The fourth-order valence-corrected chi connectivity index (χ4v) is 5.03. The first-order valence-electron chi connectivity index (χ1n) is 11.4. The number of halogens is 1. The molecule has 36 heavy (non-hydrogen) atoms. The zero-order valence-corrected chi connectivity index (χ0v) is 22.0. The number of sulfone groups is 1. The monoisotopic (exact) mass is 531 g/mol. The number of carbonyl (C=O) groups excluding carboxylic acids is 1. The number of aliphatic hydroxyl groups is 1. The molecule has 2 N–H and O–H groups in total. The van der Waals surface area contributed by atoms with E-state index in [9.17, 15) is 23.4 Å². The first kappa shape index (κ1) is 27.5. The zero-order chi connectivity index (χ0) is 26.5. The average Bonchev–Trinajstić information content (AvgIpc) is 2.81. The van der Waals surface area contributed by atoms with Gasteiger partial charge in [-0.3, -0.25) is 0 Å². The molecule has 0 fully saturated rings. The van der Waals surface area contributed by atoms with Gasteiger partial charge in [-0.1, -0.05) is 35.9 Å². The highest BCUT2D eigenvalue weighted by molar-refractivity contribution is 7.91. The zero-order valence-electron chi connectivity index (χ0n) is 20.4. The number of ether oxygens (including phenoxy) is 1. The Balaban J connectivity index is 1.79. The molecule has 0 aliphatic rings. The van der Waals surface area contributed by atoms with Gasteiger partial charge in [-0.25, -0.2) is 13.2 Å². The summed E-state index contributed by atoms with van der Waals surface area (Å²) in [5.74, 6) is -0.0232. The summed E-state index contributed by atoms with van der Waals surface area (Å²) in [6.45, 7) is 5.44. The Bertz CT molecular complexity index is 1300. The number of rotatable bonds is 8. The van der Waals surface area contributed by atoms with Crippen molar-refractivity contribution in [1.82, 2.24) is 4.90 Å². The van der Waals surface area contributed by atoms with Gasteiger partial charge in [0.1, 0.15) is 11.4 Å². The smallest absolute Gasteiger partial charge is 0.410 e. The summed E-state index contributed by atoms with van der Waals surface area (Å²) in [6.07, 6.45) is -1.24. The molecule has 3 rings (SSSR count). The molecule has 0 spiro atoms. The lowest BCUT2D eigenvalue weighted by Crippen LogP contribution is -2.40. The van der Waals surface area contributed by atoms with Crippen molar-refractivity contribution in [3.8, 4) is 5.75 Å². The number of aromatic hydroxyl groups is 1. The Hall–Kier alpha value is -3.07. The van der Waals surface area contributed by atoms with Gasteiger partial charge in [0.15, 0.2) is 0 Å². The minimum Gasteiger partial charge on any atom is -0.508 e. The number of aliphatic hydroxyl groups excluding tert-OH is 1. The van der Waals surface area contributed by atoms with Gasteiger partial charge in [-0.2, -0.15) is 0 Å². The lowest BCUT2D eigenvalue weighted by Gasteiger charge is -2.29. The molecule has 0 saturated heterocycles. The van der Waals surface area contributed by atoms with Crippen molar-refractivity contribution in [3.63, 3.8) is 0 Å². The van der Waals surface area contributed by atoms with Crippen LogP contribution in [-0.2, 0) is 21.0 Å². The van der Waals surface area contributed by atoms with Crippen LogP contribution in [0.1, 0.15) is 38.0 Å². The molecule has 7 nitrogen and oxygen atoms in total. The maximum atomic E-state index is 13.0. The van der Waals surface area contributed by atoms with Crippen molar-refractivity contribution in [3.05, 3.63) is 88.9 Å². The van der Waals surface area contributed by atoms with E-state index < -0.39 is 27.6 Å². The molecule has 0 radical (unpaired) electrons. The van der Waals surface area contributed by atoms with Crippen LogP contribution in [0.4, 0.5) is 4.79 Å². The third kappa shape index (κ3) is 7.46. The second-order valence-electron chi connectivity index (χ2n) is 9.39. The summed E-state index contributed by atoms with van der Waals surface area (Å²) < 4.78 is 31.6. The number of hydrogen-bond donors (Lipinski definition) is 2. The van der Waals surface area contributed by atoms with E-state index in [0.29, 0.717) is 22.6 Å². The van der Waals surface area contributed by atoms with Crippen LogP contribution in [0.15, 0.2) is 82.6 Å². The summed E-state index contributed by atoms with van der Waals surface area (Å²) in [4.78, 5) is 14.5. The molecule has 0 bridgehead atoms. The van der Waals surface area contributed by atoms with Crippen molar-refractivity contribution < 1.29 is 28.2 Å². The van der Waals surface area contributed by atoms with Crippen LogP contribution in [0.5, 0.6) is 5.75 Å². The lowest BCUT2D eigenvalue weighted by molar-refractivity contribution is 0.0147. The predicted octanol–water partition coefficient (Wildman–Crippen LogP) is 5.39. The van der Waals surface area contributed by atoms with Gasteiger partial charge in [0, 0.05) is 11.6 Å². The van der Waals surface area contributed by atoms with E-state index in [1.54, 1.807) is 63.2 Å². The van der Waals surface area contributed by atoms with Gasteiger partial charge in [0.25, 0.3) is 0 Å². The fourth-order valence-electron chi connectivity index (χ4n) is 3.51. The first-order chi connectivity index (χ1) is 16.8. The van der Waals surface area contributed by atoms with Crippen LogP contribution >= 0.6 is 11.6 Å². The van der Waals surface area contributed by atoms with Gasteiger partial charge in [0.2, 0.25) is 9.84 Å². The molecule has 3 aromatic carbocycles. The molecule has 0 aliphatic carbocycles. The van der Waals surface area contributed by atoms with Crippen LogP contribution in [0.2, 0.25) is 5.02 Å². The topological polar surface area (TPSA) is 104 Å². The fraction of sp³-hybridized carbons (Fsp3) is 0.296. The molecule has 0 aliphatic heterocycles. The molecular weight excluding hydrogens is 502 g/mol. The number of phenols is 1. The number of benzene rings is 3. The second-order valence-corrected chi connectivity index (χ2v) is 11.8. The quantitative estimate of drug-likeness (QED) is 0.404. The third-order valence-corrected chi connectivity index (χ3v) is 7.31. The maximum Gasteiger partial charge on any atom is 0.410 e. The van der Waals surface area contributed by atoms with E-state index in [0.717, 1.165) is 0 Å². The lowest BCUT2D eigenvalue weighted by atomic mass is 10.1. The van der Waals surface area contributed by atoms with Gasteiger partial charge in [0.05, 0.1) is 22.4 Å². The standard InChI is InChI=1S/C27H30ClNO6S/c1-27(2,3)35-26(32)29(18-25(31)20-7-5-8-21(28)17-20)15-14-19-6-4-9-24(16-19)36(33,34)23-12-10-22(30)11-13-23/h4-13,16-17,25,30-31H,14-15,18H2,1-3H3/t25-/m1/s1. The Morgan fingerprint density at radius 2 is 1.67 bits per heavy atom. The molecular formula is C27H30ClNO6S.